The highest BCUT2D eigenvalue weighted by atomic mass is 79.9. The second kappa shape index (κ2) is 7.31. The maximum absolute atomic E-state index is 6.19. The zero-order chi connectivity index (χ0) is 14.5. The van der Waals surface area contributed by atoms with Crippen LogP contribution < -0.4 is 5.73 Å². The van der Waals surface area contributed by atoms with Crippen molar-refractivity contribution in [2.24, 2.45) is 5.73 Å². The molecule has 3 nitrogen and oxygen atoms in total. The highest BCUT2D eigenvalue weighted by Gasteiger charge is 2.22. The lowest BCUT2D eigenvalue weighted by Gasteiger charge is -2.30. The van der Waals surface area contributed by atoms with E-state index in [0.717, 1.165) is 16.8 Å². The molecule has 2 rings (SSSR count). The molecule has 0 aromatic carbocycles. The normalized spacial score (nSPS) is 14.4. The van der Waals surface area contributed by atoms with Crippen LogP contribution in [0.1, 0.15) is 23.4 Å². The fraction of sp³-hybridized carbons (Fsp3) is 0.400. The van der Waals surface area contributed by atoms with Gasteiger partial charge in [-0.15, -0.1) is 11.3 Å². The molecular weight excluding hydrogens is 334 g/mol. The largest absolute Gasteiger partial charge is 0.326 e. The van der Waals surface area contributed by atoms with Crippen LogP contribution in [-0.2, 0) is 6.42 Å². The van der Waals surface area contributed by atoms with Crippen molar-refractivity contribution in [1.82, 2.24) is 9.88 Å². The van der Waals surface area contributed by atoms with Crippen LogP contribution in [0, 0.1) is 0 Å². The van der Waals surface area contributed by atoms with Gasteiger partial charge in [-0.25, -0.2) is 0 Å². The zero-order valence-electron chi connectivity index (χ0n) is 11.8. The van der Waals surface area contributed by atoms with Crippen molar-refractivity contribution in [2.45, 2.75) is 25.4 Å². The summed E-state index contributed by atoms with van der Waals surface area (Å²) in [5, 5.41) is 0. The minimum Gasteiger partial charge on any atom is -0.326 e. The first-order valence-electron chi connectivity index (χ1n) is 6.68. The fourth-order valence-corrected chi connectivity index (χ4v) is 4.06. The summed E-state index contributed by atoms with van der Waals surface area (Å²) < 4.78 is 1.15. The molecule has 0 radical (unpaired) electrons. The lowest BCUT2D eigenvalue weighted by molar-refractivity contribution is 0.225. The SMILES string of the molecule is CC(N)C(c1ccc(Br)s1)N(C)CCc1ccncc1. The molecule has 0 spiro atoms. The first kappa shape index (κ1) is 15.6. The van der Waals surface area contributed by atoms with Gasteiger partial charge < -0.3 is 5.73 Å². The highest BCUT2D eigenvalue weighted by molar-refractivity contribution is 9.11. The van der Waals surface area contributed by atoms with Crippen LogP contribution in [0.5, 0.6) is 0 Å². The molecule has 2 N–H and O–H groups in total. The molecule has 2 aromatic heterocycles. The predicted molar refractivity (Wildman–Crippen MR) is 89.0 cm³/mol. The van der Waals surface area contributed by atoms with Crippen molar-refractivity contribution in [3.05, 3.63) is 50.9 Å². The molecule has 0 aliphatic rings. The van der Waals surface area contributed by atoms with Gasteiger partial charge in [0.05, 0.1) is 9.83 Å². The number of nitrogens with zero attached hydrogens (tertiary/aromatic N) is 2. The van der Waals surface area contributed by atoms with E-state index in [9.17, 15) is 0 Å². The molecule has 2 heterocycles. The summed E-state index contributed by atoms with van der Waals surface area (Å²) in [4.78, 5) is 7.70. The van der Waals surface area contributed by atoms with Crippen molar-refractivity contribution in [1.29, 1.82) is 0 Å². The Morgan fingerprint density at radius 2 is 2.00 bits per heavy atom. The maximum Gasteiger partial charge on any atom is 0.0702 e. The van der Waals surface area contributed by atoms with E-state index >= 15 is 0 Å². The van der Waals surface area contributed by atoms with Crippen LogP contribution in [0.3, 0.4) is 0 Å². The molecule has 0 aliphatic carbocycles. The lowest BCUT2D eigenvalue weighted by Crippen LogP contribution is -2.37. The molecule has 108 valence electrons. The van der Waals surface area contributed by atoms with Gasteiger partial charge in [0.1, 0.15) is 0 Å². The van der Waals surface area contributed by atoms with Gasteiger partial charge in [-0.3, -0.25) is 9.88 Å². The molecule has 5 heteroatoms. The summed E-state index contributed by atoms with van der Waals surface area (Å²) in [6.07, 6.45) is 4.69. The number of likely N-dealkylation sites (N-methyl/N-ethyl adjacent to an activating group) is 1. The number of nitrogens with two attached hydrogens (primary N) is 1. The summed E-state index contributed by atoms with van der Waals surface area (Å²) in [5.74, 6) is 0. The number of hydrogen-bond acceptors (Lipinski definition) is 4. The first-order valence-corrected chi connectivity index (χ1v) is 8.29. The second-order valence-corrected chi connectivity index (χ2v) is 7.53. The molecule has 20 heavy (non-hydrogen) atoms. The van der Waals surface area contributed by atoms with Gasteiger partial charge in [-0.05, 0) is 66.2 Å². The first-order chi connectivity index (χ1) is 9.58. The van der Waals surface area contributed by atoms with Crippen molar-refractivity contribution in [3.8, 4) is 0 Å². The number of thiophene rings is 1. The molecule has 2 unspecified atom stereocenters. The Hall–Kier alpha value is -0.750. The Morgan fingerprint density at radius 1 is 1.30 bits per heavy atom. The average Bonchev–Trinajstić information content (AvgIpc) is 2.83. The zero-order valence-corrected chi connectivity index (χ0v) is 14.2. The van der Waals surface area contributed by atoms with Gasteiger partial charge in [0, 0.05) is 29.9 Å². The van der Waals surface area contributed by atoms with E-state index < -0.39 is 0 Å². The van der Waals surface area contributed by atoms with Gasteiger partial charge in [0.2, 0.25) is 0 Å². The molecule has 0 bridgehead atoms. The molecule has 0 saturated carbocycles. The second-order valence-electron chi connectivity index (χ2n) is 5.03. The smallest absolute Gasteiger partial charge is 0.0702 e. The molecule has 0 aliphatic heterocycles. The van der Waals surface area contributed by atoms with Gasteiger partial charge >= 0.3 is 0 Å². The van der Waals surface area contributed by atoms with Crippen LogP contribution in [0.2, 0.25) is 0 Å². The quantitative estimate of drug-likeness (QED) is 0.864. The summed E-state index contributed by atoms with van der Waals surface area (Å²) in [6.45, 7) is 3.05. The van der Waals surface area contributed by atoms with Crippen molar-refractivity contribution >= 4 is 27.3 Å². The molecule has 0 saturated heterocycles. The monoisotopic (exact) mass is 353 g/mol. The number of rotatable bonds is 6. The number of halogens is 1. The van der Waals surface area contributed by atoms with Crippen molar-refractivity contribution in [3.63, 3.8) is 0 Å². The van der Waals surface area contributed by atoms with Crippen LogP contribution >= 0.6 is 27.3 Å². The van der Waals surface area contributed by atoms with Crippen molar-refractivity contribution < 1.29 is 0 Å². The van der Waals surface area contributed by atoms with E-state index in [1.54, 1.807) is 11.3 Å². The van der Waals surface area contributed by atoms with E-state index in [2.05, 4.69) is 64.1 Å². The minimum atomic E-state index is 0.1000. The lowest BCUT2D eigenvalue weighted by atomic mass is 10.1. The third-order valence-electron chi connectivity index (χ3n) is 3.36. The predicted octanol–water partition coefficient (Wildman–Crippen LogP) is 3.47. The van der Waals surface area contributed by atoms with Gasteiger partial charge in [0.15, 0.2) is 0 Å². The molecule has 2 atom stereocenters. The summed E-state index contributed by atoms with van der Waals surface area (Å²) in [6, 6.07) is 8.74. The standard InChI is InChI=1S/C15H20BrN3S/c1-11(17)15(13-3-4-14(16)20-13)19(2)10-7-12-5-8-18-9-6-12/h3-6,8-9,11,15H,7,10,17H2,1-2H3. The van der Waals surface area contributed by atoms with Crippen LogP contribution in [0.25, 0.3) is 0 Å². The maximum atomic E-state index is 6.19. The Kier molecular flexibility index (Phi) is 5.72. The average molecular weight is 354 g/mol. The number of aromatic nitrogens is 1. The molecule has 0 fully saturated rings. The van der Waals surface area contributed by atoms with E-state index in [0.29, 0.717) is 0 Å². The summed E-state index contributed by atoms with van der Waals surface area (Å²) in [5.41, 5.74) is 7.50. The highest BCUT2D eigenvalue weighted by Crippen LogP contribution is 2.31. The van der Waals surface area contributed by atoms with E-state index in [1.165, 1.54) is 10.4 Å². The number of hydrogen-bond donors (Lipinski definition) is 1. The van der Waals surface area contributed by atoms with Gasteiger partial charge in [-0.1, -0.05) is 0 Å². The van der Waals surface area contributed by atoms with Crippen molar-refractivity contribution in [2.75, 3.05) is 13.6 Å². The number of pyridine rings is 1. The summed E-state index contributed by atoms with van der Waals surface area (Å²) in [7, 11) is 2.14. The molecule has 0 amide bonds. The Balaban J connectivity index is 2.02. The Labute approximate surface area is 133 Å². The molecular formula is C15H20BrN3S. The summed E-state index contributed by atoms with van der Waals surface area (Å²) >= 11 is 5.29. The van der Waals surface area contributed by atoms with Gasteiger partial charge in [0.25, 0.3) is 0 Å². The van der Waals surface area contributed by atoms with E-state index in [-0.39, 0.29) is 12.1 Å². The molecule has 2 aromatic rings. The Morgan fingerprint density at radius 3 is 2.55 bits per heavy atom. The van der Waals surface area contributed by atoms with E-state index in [4.69, 9.17) is 5.73 Å². The minimum absolute atomic E-state index is 0.1000. The van der Waals surface area contributed by atoms with Crippen LogP contribution in [0.4, 0.5) is 0 Å². The van der Waals surface area contributed by atoms with E-state index in [1.807, 2.05) is 12.4 Å². The topological polar surface area (TPSA) is 42.1 Å². The third kappa shape index (κ3) is 4.12. The third-order valence-corrected chi connectivity index (χ3v) is 5.06. The van der Waals surface area contributed by atoms with Gasteiger partial charge in [-0.2, -0.15) is 0 Å². The van der Waals surface area contributed by atoms with Crippen LogP contribution in [0.15, 0.2) is 40.4 Å². The fourth-order valence-electron chi connectivity index (χ4n) is 2.36. The Bertz CT molecular complexity index is 527. The van der Waals surface area contributed by atoms with Crippen LogP contribution in [-0.4, -0.2) is 29.5 Å².